The van der Waals surface area contributed by atoms with Crippen LogP contribution in [0.5, 0.6) is 0 Å². The fourth-order valence-electron chi connectivity index (χ4n) is 2.21. The van der Waals surface area contributed by atoms with Crippen LogP contribution in [0.4, 0.5) is 0 Å². The van der Waals surface area contributed by atoms with Gasteiger partial charge in [0.1, 0.15) is 6.26 Å². The van der Waals surface area contributed by atoms with Crippen LogP contribution < -0.4 is 4.72 Å². The molecule has 0 saturated carbocycles. The van der Waals surface area contributed by atoms with Crippen molar-refractivity contribution >= 4 is 10.2 Å². The highest BCUT2D eigenvalue weighted by molar-refractivity contribution is 7.87. The Morgan fingerprint density at radius 3 is 2.43 bits per heavy atom. The Balaban J connectivity index is 1.94. The summed E-state index contributed by atoms with van der Waals surface area (Å²) in [5.74, 6) is 0.548. The number of aryl methyl sites for hydroxylation is 1. The van der Waals surface area contributed by atoms with Gasteiger partial charge >= 0.3 is 0 Å². The van der Waals surface area contributed by atoms with E-state index in [-0.39, 0.29) is 0 Å². The zero-order chi connectivity index (χ0) is 16.9. The molecule has 0 bridgehead atoms. The predicted octanol–water partition coefficient (Wildman–Crippen LogP) is 2.37. The monoisotopic (exact) mass is 337 g/mol. The van der Waals surface area contributed by atoms with Crippen LogP contribution in [0.2, 0.25) is 0 Å². The maximum absolute atomic E-state index is 12.0. The van der Waals surface area contributed by atoms with Crippen molar-refractivity contribution in [1.82, 2.24) is 14.0 Å². The first-order valence-electron chi connectivity index (χ1n) is 7.72. The molecule has 0 aliphatic rings. The van der Waals surface area contributed by atoms with E-state index in [0.29, 0.717) is 31.9 Å². The maximum Gasteiger partial charge on any atom is 0.279 e. The van der Waals surface area contributed by atoms with Gasteiger partial charge in [-0.1, -0.05) is 31.5 Å². The highest BCUT2D eigenvalue weighted by Crippen LogP contribution is 2.19. The molecule has 23 heavy (non-hydrogen) atoms. The van der Waals surface area contributed by atoms with Crippen LogP contribution in [0.25, 0.3) is 11.5 Å². The average molecular weight is 337 g/mol. The van der Waals surface area contributed by atoms with Crippen molar-refractivity contribution in [3.8, 4) is 11.5 Å². The van der Waals surface area contributed by atoms with Gasteiger partial charge in [-0.3, -0.25) is 0 Å². The Bertz CT molecular complexity index is 719. The lowest BCUT2D eigenvalue weighted by atomic mass is 10.1. The third-order valence-corrected chi connectivity index (χ3v) is 5.33. The molecule has 0 aliphatic carbocycles. The smallest absolute Gasteiger partial charge is 0.279 e. The molecule has 0 fully saturated rings. The Morgan fingerprint density at radius 2 is 1.83 bits per heavy atom. The van der Waals surface area contributed by atoms with Crippen molar-refractivity contribution in [2.45, 2.75) is 27.2 Å². The summed E-state index contributed by atoms with van der Waals surface area (Å²) >= 11 is 0. The second-order valence-corrected chi connectivity index (χ2v) is 7.00. The summed E-state index contributed by atoms with van der Waals surface area (Å²) < 4.78 is 33.5. The summed E-state index contributed by atoms with van der Waals surface area (Å²) in [5, 5.41) is 0. The van der Waals surface area contributed by atoms with Crippen molar-refractivity contribution in [2.75, 3.05) is 19.6 Å². The molecule has 0 spiro atoms. The Hall–Kier alpha value is -1.70. The van der Waals surface area contributed by atoms with E-state index in [4.69, 9.17) is 4.42 Å². The van der Waals surface area contributed by atoms with Gasteiger partial charge in [0.2, 0.25) is 5.89 Å². The van der Waals surface area contributed by atoms with E-state index in [1.807, 2.05) is 45.0 Å². The fraction of sp³-hybridized carbons (Fsp3) is 0.438. The lowest BCUT2D eigenvalue weighted by Crippen LogP contribution is -2.41. The second kappa shape index (κ2) is 7.72. The predicted molar refractivity (Wildman–Crippen MR) is 90.2 cm³/mol. The lowest BCUT2D eigenvalue weighted by Gasteiger charge is -2.18. The molecule has 6 nitrogen and oxygen atoms in total. The normalized spacial score (nSPS) is 12.0. The largest absolute Gasteiger partial charge is 0.444 e. The fourth-order valence-corrected chi connectivity index (χ4v) is 3.44. The molecule has 1 aromatic heterocycles. The van der Waals surface area contributed by atoms with Gasteiger partial charge < -0.3 is 4.42 Å². The van der Waals surface area contributed by atoms with Gasteiger partial charge in [-0.05, 0) is 19.1 Å². The van der Waals surface area contributed by atoms with Crippen molar-refractivity contribution in [3.05, 3.63) is 41.8 Å². The molecule has 0 aliphatic heterocycles. The molecular formula is C16H23N3O3S. The number of hydrogen-bond donors (Lipinski definition) is 1. The zero-order valence-corrected chi connectivity index (χ0v) is 14.6. The van der Waals surface area contributed by atoms with Crippen LogP contribution in [0.15, 0.2) is 34.9 Å². The quantitative estimate of drug-likeness (QED) is 0.802. The average Bonchev–Trinajstić information content (AvgIpc) is 2.97. The van der Waals surface area contributed by atoms with Gasteiger partial charge in [0, 0.05) is 31.6 Å². The summed E-state index contributed by atoms with van der Waals surface area (Å²) in [5.41, 5.74) is 2.81. The molecule has 2 rings (SSSR count). The van der Waals surface area contributed by atoms with E-state index in [9.17, 15) is 8.42 Å². The first-order valence-corrected chi connectivity index (χ1v) is 9.16. The molecule has 0 atom stereocenters. The number of rotatable bonds is 8. The van der Waals surface area contributed by atoms with Crippen LogP contribution in [-0.4, -0.2) is 37.3 Å². The molecule has 1 N–H and O–H groups in total. The van der Waals surface area contributed by atoms with Crippen LogP contribution in [0.3, 0.4) is 0 Å². The van der Waals surface area contributed by atoms with Crippen LogP contribution in [-0.2, 0) is 16.6 Å². The molecule has 7 heteroatoms. The highest BCUT2D eigenvalue weighted by Gasteiger charge is 2.17. The topological polar surface area (TPSA) is 75.4 Å². The van der Waals surface area contributed by atoms with Crippen molar-refractivity contribution in [3.63, 3.8) is 0 Å². The number of nitrogens with zero attached hydrogens (tertiary/aromatic N) is 2. The summed E-state index contributed by atoms with van der Waals surface area (Å²) in [4.78, 5) is 4.40. The van der Waals surface area contributed by atoms with Crippen molar-refractivity contribution in [1.29, 1.82) is 0 Å². The first-order chi connectivity index (χ1) is 11.0. The van der Waals surface area contributed by atoms with Gasteiger partial charge in [0.15, 0.2) is 0 Å². The summed E-state index contributed by atoms with van der Waals surface area (Å²) in [7, 11) is -3.42. The van der Waals surface area contributed by atoms with Gasteiger partial charge in [-0.15, -0.1) is 0 Å². The molecule has 2 aromatic rings. The number of nitrogens with one attached hydrogen (secondary N) is 1. The zero-order valence-electron chi connectivity index (χ0n) is 13.7. The second-order valence-electron chi connectivity index (χ2n) is 5.24. The van der Waals surface area contributed by atoms with E-state index < -0.39 is 10.2 Å². The number of oxazole rings is 1. The van der Waals surface area contributed by atoms with Gasteiger partial charge in [-0.2, -0.15) is 12.7 Å². The summed E-state index contributed by atoms with van der Waals surface area (Å²) in [6.07, 6.45) is 2.05. The maximum atomic E-state index is 12.0. The van der Waals surface area contributed by atoms with Gasteiger partial charge in [0.05, 0.1) is 5.69 Å². The van der Waals surface area contributed by atoms with E-state index in [0.717, 1.165) is 11.3 Å². The van der Waals surface area contributed by atoms with Gasteiger partial charge in [-0.25, -0.2) is 9.71 Å². The molecule has 0 unspecified atom stereocenters. The van der Waals surface area contributed by atoms with Crippen LogP contribution in [0.1, 0.15) is 25.1 Å². The minimum Gasteiger partial charge on any atom is -0.444 e. The Labute approximate surface area is 137 Å². The molecule has 0 radical (unpaired) electrons. The molecular weight excluding hydrogens is 314 g/mol. The van der Waals surface area contributed by atoms with E-state index in [1.54, 1.807) is 6.26 Å². The summed E-state index contributed by atoms with van der Waals surface area (Å²) in [6, 6.07) is 7.90. The highest BCUT2D eigenvalue weighted by atomic mass is 32.2. The minimum atomic E-state index is -3.42. The molecule has 0 amide bonds. The SMILES string of the molecule is CCN(CC)S(=O)(=O)NCCc1coc(-c2ccc(C)cc2)n1. The standard InChI is InChI=1S/C16H23N3O3S/c1-4-19(5-2)23(20,21)17-11-10-15-12-22-16(18-15)14-8-6-13(3)7-9-14/h6-9,12,17H,4-5,10-11H2,1-3H3. The number of hydrogen-bond acceptors (Lipinski definition) is 4. The van der Waals surface area contributed by atoms with Crippen LogP contribution >= 0.6 is 0 Å². The van der Waals surface area contributed by atoms with Crippen molar-refractivity contribution in [2.24, 2.45) is 0 Å². The number of benzene rings is 1. The van der Waals surface area contributed by atoms with E-state index >= 15 is 0 Å². The third-order valence-electron chi connectivity index (χ3n) is 3.56. The van der Waals surface area contributed by atoms with Crippen LogP contribution in [0, 0.1) is 6.92 Å². The first kappa shape index (κ1) is 17.7. The molecule has 1 aromatic carbocycles. The summed E-state index contributed by atoms with van der Waals surface area (Å²) in [6.45, 7) is 6.84. The van der Waals surface area contributed by atoms with Gasteiger partial charge in [0.25, 0.3) is 10.2 Å². The Morgan fingerprint density at radius 1 is 1.17 bits per heavy atom. The van der Waals surface area contributed by atoms with E-state index in [1.165, 1.54) is 9.87 Å². The molecule has 1 heterocycles. The third kappa shape index (κ3) is 4.63. The van der Waals surface area contributed by atoms with E-state index in [2.05, 4.69) is 9.71 Å². The Kier molecular flexibility index (Phi) is 5.92. The minimum absolute atomic E-state index is 0.290. The van der Waals surface area contributed by atoms with Crippen molar-refractivity contribution < 1.29 is 12.8 Å². The lowest BCUT2D eigenvalue weighted by molar-refractivity contribution is 0.435. The molecule has 126 valence electrons. The number of aromatic nitrogens is 1. The molecule has 0 saturated heterocycles.